The first-order valence-corrected chi connectivity index (χ1v) is 4.68. The molecule has 0 aliphatic carbocycles. The van der Waals surface area contributed by atoms with Crippen LogP contribution in [0.5, 0.6) is 0 Å². The molecule has 0 aromatic rings. The van der Waals surface area contributed by atoms with Crippen LogP contribution in [-0.2, 0) is 0 Å². The quantitative estimate of drug-likeness (QED) is 0.215. The summed E-state index contributed by atoms with van der Waals surface area (Å²) >= 11 is 0. The molecule has 0 aromatic heterocycles. The van der Waals surface area contributed by atoms with E-state index >= 15 is 0 Å². The third-order valence-electron chi connectivity index (χ3n) is 1.47. The molecule has 0 bridgehead atoms. The standard InChI is InChI=1S/C11H15N3/c1-4-5-6-7-8-9-10-11(2,3)13-14-12/h4-6H2,1-3H3. The van der Waals surface area contributed by atoms with E-state index in [2.05, 4.69) is 40.6 Å². The van der Waals surface area contributed by atoms with E-state index in [9.17, 15) is 0 Å². The van der Waals surface area contributed by atoms with Gasteiger partial charge in [-0.2, -0.15) is 0 Å². The number of hydrogen-bond acceptors (Lipinski definition) is 1. The molecule has 0 saturated heterocycles. The Balaban J connectivity index is 4.14. The van der Waals surface area contributed by atoms with Crippen molar-refractivity contribution in [2.75, 3.05) is 0 Å². The maximum atomic E-state index is 8.23. The molecule has 0 rings (SSSR count). The third-order valence-corrected chi connectivity index (χ3v) is 1.47. The second-order valence-electron chi connectivity index (χ2n) is 3.40. The van der Waals surface area contributed by atoms with E-state index < -0.39 is 5.54 Å². The SMILES string of the molecule is CCCCC#CC#CC(C)(C)N=[N+]=[N-]. The Morgan fingerprint density at radius 1 is 1.36 bits per heavy atom. The van der Waals surface area contributed by atoms with Crippen molar-refractivity contribution in [1.29, 1.82) is 0 Å². The van der Waals surface area contributed by atoms with Gasteiger partial charge in [-0.3, -0.25) is 0 Å². The predicted octanol–water partition coefficient (Wildman–Crippen LogP) is 3.27. The summed E-state index contributed by atoms with van der Waals surface area (Å²) in [6, 6.07) is 0. The number of rotatable bonds is 3. The fraction of sp³-hybridized carbons (Fsp3) is 0.636. The highest BCUT2D eigenvalue weighted by atomic mass is 15.2. The van der Waals surface area contributed by atoms with Crippen LogP contribution < -0.4 is 0 Å². The van der Waals surface area contributed by atoms with Gasteiger partial charge in [0.2, 0.25) is 0 Å². The zero-order valence-corrected chi connectivity index (χ0v) is 8.96. The largest absolute Gasteiger partial charge is 0.105 e. The lowest BCUT2D eigenvalue weighted by atomic mass is 10.1. The highest BCUT2D eigenvalue weighted by Gasteiger charge is 2.09. The van der Waals surface area contributed by atoms with Crippen molar-refractivity contribution >= 4 is 0 Å². The van der Waals surface area contributed by atoms with Gasteiger partial charge in [-0.25, -0.2) is 0 Å². The van der Waals surface area contributed by atoms with E-state index in [1.165, 1.54) is 0 Å². The monoisotopic (exact) mass is 189 g/mol. The van der Waals surface area contributed by atoms with E-state index in [1.54, 1.807) is 13.8 Å². The first-order chi connectivity index (χ1) is 6.62. The molecule has 0 radical (unpaired) electrons. The van der Waals surface area contributed by atoms with Crippen LogP contribution in [0.25, 0.3) is 10.4 Å². The number of nitrogens with zero attached hydrogens (tertiary/aromatic N) is 3. The Labute approximate surface area is 85.5 Å². The molecule has 0 aliphatic heterocycles. The highest BCUT2D eigenvalue weighted by molar-refractivity contribution is 5.30. The molecule has 3 nitrogen and oxygen atoms in total. The second-order valence-corrected chi connectivity index (χ2v) is 3.40. The van der Waals surface area contributed by atoms with Crippen LogP contribution in [0.3, 0.4) is 0 Å². The van der Waals surface area contributed by atoms with Crippen LogP contribution >= 0.6 is 0 Å². The molecule has 0 aliphatic rings. The molecule has 3 heteroatoms. The Bertz CT molecular complexity index is 327. The van der Waals surface area contributed by atoms with Gasteiger partial charge in [-0.15, -0.1) is 0 Å². The average Bonchev–Trinajstić information content (AvgIpc) is 2.11. The van der Waals surface area contributed by atoms with Crippen LogP contribution in [0.4, 0.5) is 0 Å². The molecular weight excluding hydrogens is 174 g/mol. The van der Waals surface area contributed by atoms with Gasteiger partial charge in [-0.05, 0) is 37.6 Å². The van der Waals surface area contributed by atoms with E-state index in [0.29, 0.717) is 0 Å². The highest BCUT2D eigenvalue weighted by Crippen LogP contribution is 2.05. The molecule has 0 atom stereocenters. The minimum atomic E-state index is -0.659. The minimum Gasteiger partial charge on any atom is -0.0891 e. The van der Waals surface area contributed by atoms with Crippen molar-refractivity contribution in [1.82, 2.24) is 0 Å². The smallest absolute Gasteiger partial charge is 0.0891 e. The zero-order valence-electron chi connectivity index (χ0n) is 8.96. The van der Waals surface area contributed by atoms with E-state index in [-0.39, 0.29) is 0 Å². The molecule has 0 unspecified atom stereocenters. The first kappa shape index (κ1) is 12.4. The van der Waals surface area contributed by atoms with Gasteiger partial charge in [-0.1, -0.05) is 30.3 Å². The summed E-state index contributed by atoms with van der Waals surface area (Å²) in [4.78, 5) is 2.71. The maximum Gasteiger partial charge on any atom is 0.105 e. The zero-order chi connectivity index (χ0) is 10.9. The third kappa shape index (κ3) is 7.10. The molecule has 0 aromatic carbocycles. The summed E-state index contributed by atoms with van der Waals surface area (Å²) in [7, 11) is 0. The molecule has 0 saturated carbocycles. The van der Waals surface area contributed by atoms with Crippen molar-refractivity contribution in [2.45, 2.75) is 45.6 Å². The van der Waals surface area contributed by atoms with Crippen LogP contribution in [0.1, 0.15) is 40.0 Å². The summed E-state index contributed by atoms with van der Waals surface area (Å²) in [5, 5.41) is 3.53. The summed E-state index contributed by atoms with van der Waals surface area (Å²) < 4.78 is 0. The van der Waals surface area contributed by atoms with Crippen LogP contribution in [0.2, 0.25) is 0 Å². The number of azide groups is 1. The molecule has 0 N–H and O–H groups in total. The molecule has 0 spiro atoms. The van der Waals surface area contributed by atoms with Gasteiger partial charge < -0.3 is 0 Å². The summed E-state index contributed by atoms with van der Waals surface area (Å²) in [5.74, 6) is 11.2. The molecule has 0 fully saturated rings. The average molecular weight is 189 g/mol. The Kier molecular flexibility index (Phi) is 6.12. The normalized spacial score (nSPS) is 8.79. The molecule has 0 amide bonds. The van der Waals surface area contributed by atoms with Gasteiger partial charge in [0.1, 0.15) is 5.54 Å². The van der Waals surface area contributed by atoms with Crippen molar-refractivity contribution in [3.63, 3.8) is 0 Å². The topological polar surface area (TPSA) is 48.8 Å². The van der Waals surface area contributed by atoms with Crippen molar-refractivity contribution in [2.24, 2.45) is 5.11 Å². The Morgan fingerprint density at radius 3 is 2.64 bits per heavy atom. The van der Waals surface area contributed by atoms with Gasteiger partial charge in [0, 0.05) is 11.3 Å². The van der Waals surface area contributed by atoms with Gasteiger partial charge in [0.05, 0.1) is 0 Å². The Hall–Kier alpha value is -1.57. The maximum absolute atomic E-state index is 8.23. The first-order valence-electron chi connectivity index (χ1n) is 4.68. The van der Waals surface area contributed by atoms with Crippen molar-refractivity contribution in [3.8, 4) is 23.7 Å². The van der Waals surface area contributed by atoms with Crippen LogP contribution in [-0.4, -0.2) is 5.54 Å². The van der Waals surface area contributed by atoms with E-state index in [4.69, 9.17) is 5.53 Å². The molecule has 0 heterocycles. The minimum absolute atomic E-state index is 0.659. The lowest BCUT2D eigenvalue weighted by molar-refractivity contribution is 0.674. The summed E-state index contributed by atoms with van der Waals surface area (Å²) in [5.41, 5.74) is 7.57. The fourth-order valence-electron chi connectivity index (χ4n) is 0.693. The van der Waals surface area contributed by atoms with E-state index in [0.717, 1.165) is 19.3 Å². The molecular formula is C11H15N3. The fourth-order valence-corrected chi connectivity index (χ4v) is 0.693. The lowest BCUT2D eigenvalue weighted by Crippen LogP contribution is -2.10. The van der Waals surface area contributed by atoms with Crippen molar-refractivity contribution < 1.29 is 0 Å². The summed E-state index contributed by atoms with van der Waals surface area (Å²) in [6.07, 6.45) is 3.13. The van der Waals surface area contributed by atoms with Gasteiger partial charge in [0.25, 0.3) is 0 Å². The Morgan fingerprint density at radius 2 is 2.07 bits per heavy atom. The second kappa shape index (κ2) is 6.89. The predicted molar refractivity (Wildman–Crippen MR) is 58.3 cm³/mol. The van der Waals surface area contributed by atoms with Gasteiger partial charge in [0.15, 0.2) is 0 Å². The van der Waals surface area contributed by atoms with Crippen LogP contribution in [0.15, 0.2) is 5.11 Å². The van der Waals surface area contributed by atoms with Crippen molar-refractivity contribution in [3.05, 3.63) is 10.4 Å². The molecule has 74 valence electrons. The van der Waals surface area contributed by atoms with E-state index in [1.807, 2.05) is 0 Å². The summed E-state index contributed by atoms with van der Waals surface area (Å²) in [6.45, 7) is 5.64. The molecule has 14 heavy (non-hydrogen) atoms. The number of unbranched alkanes of at least 4 members (excludes halogenated alkanes) is 2. The lowest BCUT2D eigenvalue weighted by Gasteiger charge is -2.05. The van der Waals surface area contributed by atoms with Gasteiger partial charge >= 0.3 is 0 Å². The van der Waals surface area contributed by atoms with Crippen LogP contribution in [0, 0.1) is 23.7 Å². The number of hydrogen-bond donors (Lipinski definition) is 0.